The number of hydrogen-bond donors (Lipinski definition) is 1. The highest BCUT2D eigenvalue weighted by atomic mass is 35.5. The Labute approximate surface area is 148 Å². The Morgan fingerprint density at radius 2 is 2.08 bits per heavy atom. The fourth-order valence-corrected chi connectivity index (χ4v) is 3.17. The second-order valence-electron chi connectivity index (χ2n) is 5.26. The Morgan fingerprint density at radius 3 is 2.79 bits per heavy atom. The van der Waals surface area contributed by atoms with Gasteiger partial charge in [-0.3, -0.25) is 4.79 Å². The minimum absolute atomic E-state index is 0.120. The van der Waals surface area contributed by atoms with E-state index in [4.69, 9.17) is 11.6 Å². The number of aryl methyl sites for hydroxylation is 1. The summed E-state index contributed by atoms with van der Waals surface area (Å²) in [4.78, 5) is 16.6. The highest BCUT2D eigenvalue weighted by Gasteiger charge is 2.12. The van der Waals surface area contributed by atoms with Crippen LogP contribution in [0.15, 0.2) is 47.8 Å². The molecule has 0 fully saturated rings. The molecule has 0 aliphatic carbocycles. The molecule has 0 radical (unpaired) electrons. The van der Waals surface area contributed by atoms with E-state index in [2.05, 4.69) is 10.3 Å². The van der Waals surface area contributed by atoms with Crippen molar-refractivity contribution in [1.82, 2.24) is 4.98 Å². The fourth-order valence-electron chi connectivity index (χ4n) is 2.32. The number of nitrogens with zero attached hydrogens (tertiary/aromatic N) is 1. The topological polar surface area (TPSA) is 42.0 Å². The Balaban J connectivity index is 1.75. The largest absolute Gasteiger partial charge is 0.326 e. The molecule has 2 aromatic carbocycles. The monoisotopic (exact) mass is 360 g/mol. The molecule has 24 heavy (non-hydrogen) atoms. The number of amides is 1. The number of aromatic nitrogens is 1. The van der Waals surface area contributed by atoms with Crippen LogP contribution < -0.4 is 5.32 Å². The summed E-state index contributed by atoms with van der Waals surface area (Å²) in [5.41, 5.74) is 2.62. The Hall–Kier alpha value is -2.24. The van der Waals surface area contributed by atoms with Gasteiger partial charge in [-0.05, 0) is 31.2 Å². The van der Waals surface area contributed by atoms with Crippen molar-refractivity contribution in [2.75, 3.05) is 5.32 Å². The molecule has 0 saturated heterocycles. The molecule has 1 heterocycles. The molecule has 0 atom stereocenters. The molecule has 0 aliphatic heterocycles. The highest BCUT2D eigenvalue weighted by molar-refractivity contribution is 7.09. The van der Waals surface area contributed by atoms with Crippen molar-refractivity contribution in [1.29, 1.82) is 0 Å². The van der Waals surface area contributed by atoms with Gasteiger partial charge in [-0.15, -0.1) is 11.3 Å². The molecular weight excluding hydrogens is 347 g/mol. The minimum atomic E-state index is -0.482. The summed E-state index contributed by atoms with van der Waals surface area (Å²) < 4.78 is 13.8. The second kappa shape index (κ2) is 7.11. The van der Waals surface area contributed by atoms with Crippen LogP contribution >= 0.6 is 22.9 Å². The van der Waals surface area contributed by atoms with E-state index in [0.29, 0.717) is 5.69 Å². The lowest BCUT2D eigenvalue weighted by Crippen LogP contribution is -2.15. The molecule has 1 amide bonds. The van der Waals surface area contributed by atoms with E-state index >= 15 is 0 Å². The van der Waals surface area contributed by atoms with E-state index < -0.39 is 5.82 Å². The molecule has 6 heteroatoms. The molecule has 0 spiro atoms. The van der Waals surface area contributed by atoms with Crippen LogP contribution in [0.1, 0.15) is 10.6 Å². The number of rotatable bonds is 4. The summed E-state index contributed by atoms with van der Waals surface area (Å²) in [6.07, 6.45) is -0.120. The fraction of sp³-hybridized carbons (Fsp3) is 0.111. The average molecular weight is 361 g/mol. The number of carbonyl (C=O) groups excluding carboxylic acids is 1. The Bertz CT molecular complexity index is 874. The van der Waals surface area contributed by atoms with Crippen LogP contribution in [0.4, 0.5) is 10.1 Å². The van der Waals surface area contributed by atoms with Crippen LogP contribution in [0, 0.1) is 12.7 Å². The number of thiazole rings is 1. The molecule has 1 aromatic heterocycles. The second-order valence-corrected chi connectivity index (χ2v) is 6.73. The van der Waals surface area contributed by atoms with Gasteiger partial charge in [0.2, 0.25) is 5.91 Å². The summed E-state index contributed by atoms with van der Waals surface area (Å²) in [5.74, 6) is -0.807. The van der Waals surface area contributed by atoms with Crippen LogP contribution in [-0.4, -0.2) is 10.9 Å². The smallest absolute Gasteiger partial charge is 0.228 e. The number of nitrogens with one attached hydrogen (secondary N) is 1. The summed E-state index contributed by atoms with van der Waals surface area (Å²) in [5, 5.41) is 5.97. The molecule has 3 rings (SSSR count). The van der Waals surface area contributed by atoms with E-state index in [1.54, 1.807) is 23.5 Å². The SMILES string of the molecule is Cc1nc(-c2cccc(NC(=O)Cc3c(F)cccc3Cl)c2)cs1. The van der Waals surface area contributed by atoms with Crippen LogP contribution in [0.25, 0.3) is 11.3 Å². The maximum Gasteiger partial charge on any atom is 0.228 e. The van der Waals surface area contributed by atoms with E-state index in [0.717, 1.165) is 16.3 Å². The maximum absolute atomic E-state index is 13.8. The minimum Gasteiger partial charge on any atom is -0.326 e. The molecule has 0 bridgehead atoms. The quantitative estimate of drug-likeness (QED) is 0.704. The average Bonchev–Trinajstić information content (AvgIpc) is 2.98. The number of hydrogen-bond acceptors (Lipinski definition) is 3. The molecule has 0 saturated carbocycles. The summed E-state index contributed by atoms with van der Waals surface area (Å²) >= 11 is 7.53. The van der Waals surface area contributed by atoms with Crippen LogP contribution in [0.2, 0.25) is 5.02 Å². The third-order valence-corrected chi connectivity index (χ3v) is 4.59. The number of anilines is 1. The molecular formula is C18H14ClFN2OS. The van der Waals surface area contributed by atoms with Gasteiger partial charge in [0.1, 0.15) is 5.82 Å². The van der Waals surface area contributed by atoms with E-state index in [9.17, 15) is 9.18 Å². The van der Waals surface area contributed by atoms with E-state index in [1.165, 1.54) is 12.1 Å². The number of halogens is 2. The maximum atomic E-state index is 13.8. The normalized spacial score (nSPS) is 10.6. The van der Waals surface area contributed by atoms with Gasteiger partial charge in [0.25, 0.3) is 0 Å². The molecule has 122 valence electrons. The van der Waals surface area contributed by atoms with Gasteiger partial charge in [-0.2, -0.15) is 0 Å². The first-order valence-corrected chi connectivity index (χ1v) is 8.54. The van der Waals surface area contributed by atoms with Gasteiger partial charge >= 0.3 is 0 Å². The van der Waals surface area contributed by atoms with Crippen LogP contribution in [0.3, 0.4) is 0 Å². The zero-order valence-electron chi connectivity index (χ0n) is 12.8. The predicted octanol–water partition coefficient (Wildman–Crippen LogP) is 5.09. The first-order valence-electron chi connectivity index (χ1n) is 7.28. The van der Waals surface area contributed by atoms with Crippen molar-refractivity contribution >= 4 is 34.5 Å². The summed E-state index contributed by atoms with van der Waals surface area (Å²) in [6.45, 7) is 1.94. The van der Waals surface area contributed by atoms with Gasteiger partial charge in [0.15, 0.2) is 0 Å². The summed E-state index contributed by atoms with van der Waals surface area (Å²) in [7, 11) is 0. The van der Waals surface area contributed by atoms with E-state index in [-0.39, 0.29) is 22.9 Å². The zero-order chi connectivity index (χ0) is 17.1. The van der Waals surface area contributed by atoms with Gasteiger partial charge in [-0.25, -0.2) is 9.37 Å². The molecule has 3 nitrogen and oxygen atoms in total. The number of benzene rings is 2. The van der Waals surface area contributed by atoms with Crippen molar-refractivity contribution < 1.29 is 9.18 Å². The van der Waals surface area contributed by atoms with Crippen molar-refractivity contribution in [2.24, 2.45) is 0 Å². The highest BCUT2D eigenvalue weighted by Crippen LogP contribution is 2.25. The first-order chi connectivity index (χ1) is 11.5. The lowest BCUT2D eigenvalue weighted by molar-refractivity contribution is -0.115. The molecule has 3 aromatic rings. The molecule has 0 unspecified atom stereocenters. The van der Waals surface area contributed by atoms with Crippen LogP contribution in [-0.2, 0) is 11.2 Å². The van der Waals surface area contributed by atoms with Crippen LogP contribution in [0.5, 0.6) is 0 Å². The van der Waals surface area contributed by atoms with Crippen molar-refractivity contribution in [3.63, 3.8) is 0 Å². The Kier molecular flexibility index (Phi) is 4.92. The third-order valence-electron chi connectivity index (χ3n) is 3.46. The third kappa shape index (κ3) is 3.80. The lowest BCUT2D eigenvalue weighted by Gasteiger charge is -2.08. The van der Waals surface area contributed by atoms with Gasteiger partial charge in [0, 0.05) is 27.2 Å². The predicted molar refractivity (Wildman–Crippen MR) is 96.0 cm³/mol. The standard InChI is InChI=1S/C18H14ClFN2OS/c1-11-21-17(10-24-11)12-4-2-5-13(8-12)22-18(23)9-14-15(19)6-3-7-16(14)20/h2-8,10H,9H2,1H3,(H,22,23). The van der Waals surface area contributed by atoms with Crippen molar-refractivity contribution in [3.8, 4) is 11.3 Å². The van der Waals surface area contributed by atoms with Gasteiger partial charge in [0.05, 0.1) is 17.1 Å². The molecule has 1 N–H and O–H groups in total. The lowest BCUT2D eigenvalue weighted by atomic mass is 10.1. The zero-order valence-corrected chi connectivity index (χ0v) is 14.4. The van der Waals surface area contributed by atoms with Crippen molar-refractivity contribution in [2.45, 2.75) is 13.3 Å². The Morgan fingerprint density at radius 1 is 1.29 bits per heavy atom. The van der Waals surface area contributed by atoms with Gasteiger partial charge in [-0.1, -0.05) is 29.8 Å². The first kappa shape index (κ1) is 16.6. The number of carbonyl (C=O) groups is 1. The summed E-state index contributed by atoms with van der Waals surface area (Å²) in [6, 6.07) is 11.8. The van der Waals surface area contributed by atoms with Gasteiger partial charge < -0.3 is 5.32 Å². The van der Waals surface area contributed by atoms with Crippen molar-refractivity contribution in [3.05, 3.63) is 69.3 Å². The molecule has 0 aliphatic rings. The van der Waals surface area contributed by atoms with E-state index in [1.807, 2.05) is 30.5 Å².